The molecule has 166 valence electrons. The highest BCUT2D eigenvalue weighted by Crippen LogP contribution is 2.30. The number of nitrogens with one attached hydrogen (secondary N) is 1. The summed E-state index contributed by atoms with van der Waals surface area (Å²) in [6, 6.07) is 24.0. The molecule has 1 amide bonds. The van der Waals surface area contributed by atoms with Gasteiger partial charge in [0, 0.05) is 30.3 Å². The fourth-order valence-corrected chi connectivity index (χ4v) is 5.42. The molecule has 3 aromatic carbocycles. The Hall–Kier alpha value is -3.16. The molecule has 6 nitrogen and oxygen atoms in total. The Morgan fingerprint density at radius 1 is 0.906 bits per heavy atom. The van der Waals surface area contributed by atoms with E-state index in [1.165, 1.54) is 11.4 Å². The lowest BCUT2D eigenvalue weighted by Crippen LogP contribution is -2.41. The number of benzene rings is 3. The molecule has 1 fully saturated rings. The van der Waals surface area contributed by atoms with Gasteiger partial charge in [-0.2, -0.15) is 4.31 Å². The number of carbonyl (C=O) groups excluding carboxylic acids is 1. The van der Waals surface area contributed by atoms with Crippen molar-refractivity contribution >= 4 is 21.6 Å². The van der Waals surface area contributed by atoms with E-state index < -0.39 is 10.0 Å². The van der Waals surface area contributed by atoms with E-state index in [2.05, 4.69) is 5.32 Å². The number of rotatable bonds is 6. The van der Waals surface area contributed by atoms with E-state index in [9.17, 15) is 13.2 Å². The van der Waals surface area contributed by atoms with Gasteiger partial charge >= 0.3 is 0 Å². The number of methoxy groups -OCH3 is 1. The van der Waals surface area contributed by atoms with Gasteiger partial charge in [-0.15, -0.1) is 0 Å². The van der Waals surface area contributed by atoms with Gasteiger partial charge in [-0.3, -0.25) is 4.79 Å². The zero-order valence-corrected chi connectivity index (χ0v) is 18.7. The predicted octanol–water partition coefficient (Wildman–Crippen LogP) is 4.40. The Morgan fingerprint density at radius 2 is 1.53 bits per heavy atom. The van der Waals surface area contributed by atoms with E-state index in [1.54, 1.807) is 24.3 Å². The van der Waals surface area contributed by atoms with Crippen molar-refractivity contribution in [3.63, 3.8) is 0 Å². The topological polar surface area (TPSA) is 75.7 Å². The number of nitrogens with zero attached hydrogens (tertiary/aromatic N) is 1. The first kappa shape index (κ1) is 22.0. The minimum absolute atomic E-state index is 0.0742. The Morgan fingerprint density at radius 3 is 2.19 bits per heavy atom. The molecular weight excluding hydrogens is 424 g/mol. The summed E-state index contributed by atoms with van der Waals surface area (Å²) in [4.78, 5) is 13.2. The van der Waals surface area contributed by atoms with Crippen LogP contribution >= 0.6 is 0 Å². The number of piperidine rings is 1. The van der Waals surface area contributed by atoms with Gasteiger partial charge in [-0.05, 0) is 48.7 Å². The van der Waals surface area contributed by atoms with Gasteiger partial charge in [0.2, 0.25) is 15.9 Å². The van der Waals surface area contributed by atoms with Crippen molar-refractivity contribution in [3.05, 3.63) is 78.9 Å². The third kappa shape index (κ3) is 4.69. The Bertz CT molecular complexity index is 1170. The van der Waals surface area contributed by atoms with Crippen LogP contribution in [0.2, 0.25) is 0 Å². The van der Waals surface area contributed by atoms with Crippen molar-refractivity contribution in [2.75, 3.05) is 25.5 Å². The van der Waals surface area contributed by atoms with E-state index in [0.717, 1.165) is 16.8 Å². The molecule has 1 saturated heterocycles. The number of amides is 1. The van der Waals surface area contributed by atoms with E-state index in [0.29, 0.717) is 31.7 Å². The van der Waals surface area contributed by atoms with Crippen LogP contribution in [-0.4, -0.2) is 38.8 Å². The number of anilines is 1. The van der Waals surface area contributed by atoms with Gasteiger partial charge in [0.15, 0.2) is 0 Å². The van der Waals surface area contributed by atoms with Crippen LogP contribution in [-0.2, 0) is 14.8 Å². The first-order valence-corrected chi connectivity index (χ1v) is 12.0. The van der Waals surface area contributed by atoms with Gasteiger partial charge < -0.3 is 10.1 Å². The summed E-state index contributed by atoms with van der Waals surface area (Å²) in [7, 11) is -2.05. The molecule has 1 aliphatic rings. The molecule has 0 bridgehead atoms. The predicted molar refractivity (Wildman–Crippen MR) is 125 cm³/mol. The van der Waals surface area contributed by atoms with Gasteiger partial charge in [0.25, 0.3) is 0 Å². The standard InChI is InChI=1S/C25H26N2O4S/c1-31-21-11-13-22(14-12-21)32(29,30)27-17-15-20(16-18-27)25(28)26-24-10-6-5-9-23(24)19-7-3-2-4-8-19/h2-14,20H,15-18H2,1H3,(H,26,28). The van der Waals surface area contributed by atoms with E-state index in [1.807, 2.05) is 54.6 Å². The maximum absolute atomic E-state index is 13.0. The van der Waals surface area contributed by atoms with Gasteiger partial charge in [-0.25, -0.2) is 8.42 Å². The Labute approximate surface area is 188 Å². The zero-order valence-electron chi connectivity index (χ0n) is 17.9. The monoisotopic (exact) mass is 450 g/mol. The second-order valence-electron chi connectivity index (χ2n) is 7.75. The van der Waals surface area contributed by atoms with E-state index >= 15 is 0 Å². The molecule has 0 atom stereocenters. The smallest absolute Gasteiger partial charge is 0.243 e. The van der Waals surface area contributed by atoms with Crippen molar-refractivity contribution in [2.24, 2.45) is 5.92 Å². The maximum atomic E-state index is 13.0. The fraction of sp³-hybridized carbons (Fsp3) is 0.240. The molecule has 0 aliphatic carbocycles. The minimum Gasteiger partial charge on any atom is -0.497 e. The molecule has 4 rings (SSSR count). The van der Waals surface area contributed by atoms with Crippen molar-refractivity contribution in [1.29, 1.82) is 0 Å². The van der Waals surface area contributed by atoms with Crippen LogP contribution in [0, 0.1) is 5.92 Å². The summed E-state index contributed by atoms with van der Waals surface area (Å²) in [6.07, 6.45) is 0.962. The highest BCUT2D eigenvalue weighted by molar-refractivity contribution is 7.89. The van der Waals surface area contributed by atoms with Crippen molar-refractivity contribution in [3.8, 4) is 16.9 Å². The van der Waals surface area contributed by atoms with Crippen LogP contribution in [0.1, 0.15) is 12.8 Å². The summed E-state index contributed by atoms with van der Waals surface area (Å²) in [5.41, 5.74) is 2.75. The van der Waals surface area contributed by atoms with Crippen LogP contribution in [0.3, 0.4) is 0 Å². The number of ether oxygens (including phenoxy) is 1. The molecule has 32 heavy (non-hydrogen) atoms. The zero-order chi connectivity index (χ0) is 22.6. The van der Waals surface area contributed by atoms with Crippen molar-refractivity contribution in [2.45, 2.75) is 17.7 Å². The fourth-order valence-electron chi connectivity index (χ4n) is 3.95. The van der Waals surface area contributed by atoms with Crippen molar-refractivity contribution < 1.29 is 17.9 Å². The van der Waals surface area contributed by atoms with Crippen LogP contribution in [0.25, 0.3) is 11.1 Å². The van der Waals surface area contributed by atoms with E-state index in [4.69, 9.17) is 4.74 Å². The summed E-state index contributed by atoms with van der Waals surface area (Å²) in [6.45, 7) is 0.625. The highest BCUT2D eigenvalue weighted by Gasteiger charge is 2.32. The number of hydrogen-bond acceptors (Lipinski definition) is 4. The normalized spacial score (nSPS) is 15.3. The summed E-state index contributed by atoms with van der Waals surface area (Å²) in [5.74, 6) is 0.297. The largest absolute Gasteiger partial charge is 0.497 e. The van der Waals surface area contributed by atoms with Gasteiger partial charge in [-0.1, -0.05) is 48.5 Å². The quantitative estimate of drug-likeness (QED) is 0.604. The first-order valence-electron chi connectivity index (χ1n) is 10.6. The number of carbonyl (C=O) groups is 1. The van der Waals surface area contributed by atoms with Crippen LogP contribution in [0.5, 0.6) is 5.75 Å². The van der Waals surface area contributed by atoms with Gasteiger partial charge in [0.05, 0.1) is 12.0 Å². The number of sulfonamides is 1. The molecule has 1 N–H and O–H groups in total. The second kappa shape index (κ2) is 9.54. The molecule has 1 heterocycles. The van der Waals surface area contributed by atoms with Crippen LogP contribution < -0.4 is 10.1 Å². The average Bonchev–Trinajstić information content (AvgIpc) is 2.85. The molecule has 0 saturated carbocycles. The molecule has 3 aromatic rings. The lowest BCUT2D eigenvalue weighted by atomic mass is 9.96. The highest BCUT2D eigenvalue weighted by atomic mass is 32.2. The van der Waals surface area contributed by atoms with Crippen LogP contribution in [0.4, 0.5) is 5.69 Å². The summed E-state index contributed by atoms with van der Waals surface area (Å²) in [5, 5.41) is 3.06. The van der Waals surface area contributed by atoms with Crippen molar-refractivity contribution in [1.82, 2.24) is 4.31 Å². The molecule has 0 aromatic heterocycles. The lowest BCUT2D eigenvalue weighted by Gasteiger charge is -2.30. The Balaban J connectivity index is 1.41. The lowest BCUT2D eigenvalue weighted by molar-refractivity contribution is -0.120. The summed E-state index contributed by atoms with van der Waals surface area (Å²) >= 11 is 0. The van der Waals surface area contributed by atoms with E-state index in [-0.39, 0.29) is 16.7 Å². The Kier molecular flexibility index (Phi) is 6.58. The minimum atomic E-state index is -3.59. The molecule has 0 unspecified atom stereocenters. The maximum Gasteiger partial charge on any atom is 0.243 e. The third-order valence-corrected chi connectivity index (χ3v) is 7.70. The average molecular weight is 451 g/mol. The first-order chi connectivity index (χ1) is 15.5. The van der Waals surface area contributed by atoms with Crippen LogP contribution in [0.15, 0.2) is 83.8 Å². The number of hydrogen-bond donors (Lipinski definition) is 1. The summed E-state index contributed by atoms with van der Waals surface area (Å²) < 4.78 is 32.4. The second-order valence-corrected chi connectivity index (χ2v) is 9.69. The number of para-hydroxylation sites is 1. The third-order valence-electron chi connectivity index (χ3n) is 5.79. The van der Waals surface area contributed by atoms with Gasteiger partial charge in [0.1, 0.15) is 5.75 Å². The molecule has 0 spiro atoms. The SMILES string of the molecule is COc1ccc(S(=O)(=O)N2CCC(C(=O)Nc3ccccc3-c3ccccc3)CC2)cc1. The molecule has 0 radical (unpaired) electrons. The molecule has 7 heteroatoms. The molecular formula is C25H26N2O4S. The molecule has 1 aliphatic heterocycles.